The molecule has 4 aromatic rings. The molecule has 16 heteroatoms. The van der Waals surface area contributed by atoms with E-state index in [1.807, 2.05) is 4.90 Å². The Kier molecular flexibility index (Phi) is 7.65. The molecule has 0 radical (unpaired) electrons. The third-order valence-corrected chi connectivity index (χ3v) is 8.98. The number of fused-ring (bicyclic) bond motifs is 2. The summed E-state index contributed by atoms with van der Waals surface area (Å²) in [5.74, 6) is -1.94. The van der Waals surface area contributed by atoms with E-state index in [2.05, 4.69) is 29.2 Å². The second kappa shape index (κ2) is 11.1. The summed E-state index contributed by atoms with van der Waals surface area (Å²) in [4.78, 5) is 36.9. The Morgan fingerprint density at radius 3 is 2.65 bits per heavy atom. The molecule has 46 heavy (non-hydrogen) atoms. The topological polar surface area (TPSA) is 133 Å². The molecule has 3 N–H and O–H groups in total. The normalized spacial score (nSPS) is 19.5. The van der Waals surface area contributed by atoms with E-state index < -0.39 is 23.6 Å². The lowest BCUT2D eigenvalue weighted by atomic mass is 9.79. The average molecular weight is 663 g/mol. The van der Waals surface area contributed by atoms with Crippen LogP contribution in [-0.2, 0) is 18.0 Å². The summed E-state index contributed by atoms with van der Waals surface area (Å²) in [7, 11) is 1.09. The lowest BCUT2D eigenvalue weighted by Crippen LogP contribution is -2.44. The Bertz CT molecular complexity index is 1890. The molecule has 2 amide bonds. The first kappa shape index (κ1) is 31.6. The highest BCUT2D eigenvalue weighted by atomic mass is 35.5. The molecule has 244 valence electrons. The minimum atomic E-state index is -4.69. The molecule has 0 bridgehead atoms. The molecule has 3 aromatic heterocycles. The first-order chi connectivity index (χ1) is 21.6. The number of rotatable bonds is 6. The van der Waals surface area contributed by atoms with Gasteiger partial charge < -0.3 is 20.7 Å². The molecule has 2 saturated heterocycles. The number of amides is 2. The zero-order valence-corrected chi connectivity index (χ0v) is 26.1. The number of anilines is 2. The molecule has 2 aliphatic heterocycles. The van der Waals surface area contributed by atoms with E-state index in [0.29, 0.717) is 36.0 Å². The fourth-order valence-corrected chi connectivity index (χ4v) is 6.87. The molecule has 2 fully saturated rings. The van der Waals surface area contributed by atoms with E-state index in [-0.39, 0.29) is 74.8 Å². The van der Waals surface area contributed by atoms with Crippen LogP contribution in [0.15, 0.2) is 24.4 Å². The number of piperidine rings is 1. The van der Waals surface area contributed by atoms with Crippen molar-refractivity contribution in [3.05, 3.63) is 52.4 Å². The first-order valence-electron chi connectivity index (χ1n) is 14.6. The molecule has 2 atom stereocenters. The second-order valence-corrected chi connectivity index (χ2v) is 12.6. The average Bonchev–Trinajstić information content (AvgIpc) is 3.62. The van der Waals surface area contributed by atoms with Crippen LogP contribution in [0.25, 0.3) is 16.8 Å². The number of nitrogen functional groups attached to an aromatic ring is 1. The Morgan fingerprint density at radius 2 is 1.98 bits per heavy atom. The minimum Gasteiger partial charge on any atom is -0.493 e. The number of benzene rings is 1. The fourth-order valence-electron chi connectivity index (χ4n) is 6.65. The van der Waals surface area contributed by atoms with Crippen molar-refractivity contribution in [3.8, 4) is 17.0 Å². The SMILES string of the molecule is CCOc1cc(C(=O)Nc2cc(C(F)(F)F)n(C)n2)cc(F)c1-c1nc([C@@H]2CC[C@@H]3N(C2)C(=O)CC3(C)C)n2c(Cl)cnc(N)c12. The Balaban J connectivity index is 1.42. The van der Waals surface area contributed by atoms with Crippen molar-refractivity contribution in [1.29, 1.82) is 0 Å². The molecule has 0 spiro atoms. The number of aryl methyl sites for hydroxylation is 1. The largest absolute Gasteiger partial charge is 0.493 e. The summed E-state index contributed by atoms with van der Waals surface area (Å²) < 4.78 is 63.8. The third kappa shape index (κ3) is 5.29. The van der Waals surface area contributed by atoms with E-state index in [1.165, 1.54) is 12.3 Å². The van der Waals surface area contributed by atoms with Gasteiger partial charge in [-0.1, -0.05) is 25.4 Å². The summed E-state index contributed by atoms with van der Waals surface area (Å²) in [5, 5.41) is 6.14. The van der Waals surface area contributed by atoms with Gasteiger partial charge in [0.15, 0.2) is 5.82 Å². The number of aromatic nitrogens is 5. The van der Waals surface area contributed by atoms with Crippen molar-refractivity contribution in [2.45, 2.75) is 58.2 Å². The van der Waals surface area contributed by atoms with Crippen molar-refractivity contribution in [2.75, 3.05) is 24.2 Å². The van der Waals surface area contributed by atoms with Gasteiger partial charge in [-0.05, 0) is 37.3 Å². The van der Waals surface area contributed by atoms with Crippen molar-refractivity contribution >= 4 is 40.6 Å². The maximum atomic E-state index is 16.1. The number of nitrogens with zero attached hydrogens (tertiary/aromatic N) is 6. The number of carbonyl (C=O) groups is 2. The van der Waals surface area contributed by atoms with E-state index in [9.17, 15) is 22.8 Å². The van der Waals surface area contributed by atoms with Gasteiger partial charge in [-0.3, -0.25) is 18.7 Å². The molecular formula is C30H31ClF4N8O3. The van der Waals surface area contributed by atoms with Crippen LogP contribution in [0.2, 0.25) is 5.15 Å². The highest BCUT2D eigenvalue weighted by molar-refractivity contribution is 6.30. The van der Waals surface area contributed by atoms with Crippen LogP contribution in [0.1, 0.15) is 67.8 Å². The lowest BCUT2D eigenvalue weighted by molar-refractivity contribution is -0.143. The highest BCUT2D eigenvalue weighted by Crippen LogP contribution is 2.46. The molecule has 0 saturated carbocycles. The van der Waals surface area contributed by atoms with Crippen LogP contribution >= 0.6 is 11.6 Å². The smallest absolute Gasteiger partial charge is 0.433 e. The zero-order valence-electron chi connectivity index (χ0n) is 25.4. The van der Waals surface area contributed by atoms with Crippen molar-refractivity contribution in [1.82, 2.24) is 29.0 Å². The number of hydrogen-bond acceptors (Lipinski definition) is 7. The highest BCUT2D eigenvalue weighted by Gasteiger charge is 2.48. The van der Waals surface area contributed by atoms with Crippen LogP contribution in [-0.4, -0.2) is 60.1 Å². The Hall–Kier alpha value is -4.40. The van der Waals surface area contributed by atoms with Gasteiger partial charge in [-0.25, -0.2) is 14.4 Å². The zero-order chi connectivity index (χ0) is 33.3. The molecule has 1 aromatic carbocycles. The van der Waals surface area contributed by atoms with Gasteiger partial charge >= 0.3 is 6.18 Å². The number of nitrogens with one attached hydrogen (secondary N) is 1. The van der Waals surface area contributed by atoms with E-state index in [4.69, 9.17) is 27.1 Å². The van der Waals surface area contributed by atoms with Gasteiger partial charge in [-0.2, -0.15) is 18.3 Å². The summed E-state index contributed by atoms with van der Waals surface area (Å²) >= 11 is 6.63. The van der Waals surface area contributed by atoms with Crippen LogP contribution in [0, 0.1) is 11.2 Å². The van der Waals surface area contributed by atoms with Crippen molar-refractivity contribution in [2.24, 2.45) is 12.5 Å². The van der Waals surface area contributed by atoms with Crippen molar-refractivity contribution < 1.29 is 31.9 Å². The van der Waals surface area contributed by atoms with Crippen LogP contribution < -0.4 is 15.8 Å². The fraction of sp³-hybridized carbons (Fsp3) is 0.433. The predicted molar refractivity (Wildman–Crippen MR) is 161 cm³/mol. The summed E-state index contributed by atoms with van der Waals surface area (Å²) in [6, 6.07) is 2.96. The lowest BCUT2D eigenvalue weighted by Gasteiger charge is -2.39. The maximum absolute atomic E-state index is 16.1. The third-order valence-electron chi connectivity index (χ3n) is 8.71. The summed E-state index contributed by atoms with van der Waals surface area (Å²) in [6.45, 7) is 6.31. The molecule has 5 heterocycles. The Morgan fingerprint density at radius 1 is 1.24 bits per heavy atom. The van der Waals surface area contributed by atoms with Crippen LogP contribution in [0.3, 0.4) is 0 Å². The number of alkyl halides is 3. The first-order valence-corrected chi connectivity index (χ1v) is 15.0. The van der Waals surface area contributed by atoms with E-state index in [1.54, 1.807) is 11.3 Å². The van der Waals surface area contributed by atoms with Crippen LogP contribution in [0.4, 0.5) is 29.2 Å². The number of imidazole rings is 1. The molecule has 6 rings (SSSR count). The monoisotopic (exact) mass is 662 g/mol. The van der Waals surface area contributed by atoms with Crippen molar-refractivity contribution in [3.63, 3.8) is 0 Å². The number of carbonyl (C=O) groups excluding carboxylic acids is 2. The maximum Gasteiger partial charge on any atom is 0.433 e. The molecular weight excluding hydrogens is 632 g/mol. The number of halogens is 5. The molecule has 0 unspecified atom stereocenters. The Labute approximate surface area is 265 Å². The molecule has 0 aliphatic carbocycles. The standard InChI is InChI=1S/C30H31ClF4N8O3/c1-5-46-17-9-15(28(45)38-21-10-19(30(33,34)35)41(4)40-21)8-16(32)23(17)24-25-26(36)37-12-20(31)43(25)27(39-24)14-6-7-18-29(2,3)11-22(44)42(18)13-14/h8-10,12,14,18H,5-7,11,13H2,1-4H3,(H2,36,37)(H,38,40,45)/t14-,18+/m1/s1. The quantitative estimate of drug-likeness (QED) is 0.254. The number of nitrogens with two attached hydrogens (primary N) is 1. The van der Waals surface area contributed by atoms with Crippen LogP contribution in [0.5, 0.6) is 5.75 Å². The van der Waals surface area contributed by atoms with Gasteiger partial charge in [0.25, 0.3) is 5.91 Å². The second-order valence-electron chi connectivity index (χ2n) is 12.2. The van der Waals surface area contributed by atoms with E-state index in [0.717, 1.165) is 19.5 Å². The van der Waals surface area contributed by atoms with Gasteiger partial charge in [0.1, 0.15) is 45.3 Å². The van der Waals surface area contributed by atoms with Gasteiger partial charge in [0, 0.05) is 43.6 Å². The van der Waals surface area contributed by atoms with E-state index >= 15 is 4.39 Å². The van der Waals surface area contributed by atoms with Gasteiger partial charge in [0.2, 0.25) is 5.91 Å². The minimum absolute atomic E-state index is 0.0181. The summed E-state index contributed by atoms with van der Waals surface area (Å²) in [5.41, 5.74) is 5.05. The molecule has 2 aliphatic rings. The van der Waals surface area contributed by atoms with Gasteiger partial charge in [0.05, 0.1) is 18.4 Å². The summed E-state index contributed by atoms with van der Waals surface area (Å²) in [6.07, 6.45) is -1.44. The van der Waals surface area contributed by atoms with Gasteiger partial charge in [-0.15, -0.1) is 0 Å². The predicted octanol–water partition coefficient (Wildman–Crippen LogP) is 5.68. The molecule has 11 nitrogen and oxygen atoms in total. The number of hydrogen-bond donors (Lipinski definition) is 2. The number of ether oxygens (including phenoxy) is 1.